The lowest BCUT2D eigenvalue weighted by molar-refractivity contribution is 0.204. The van der Waals surface area contributed by atoms with Crippen LogP contribution in [0.15, 0.2) is 23.1 Å². The number of ether oxygens (including phenoxy) is 1. The van der Waals surface area contributed by atoms with E-state index in [9.17, 15) is 8.42 Å². The van der Waals surface area contributed by atoms with Gasteiger partial charge in [0.05, 0.1) is 12.0 Å². The first-order chi connectivity index (χ1) is 9.37. The second-order valence-electron chi connectivity index (χ2n) is 5.60. The predicted molar refractivity (Wildman–Crippen MR) is 79.5 cm³/mol. The highest BCUT2D eigenvalue weighted by Gasteiger charge is 2.36. The van der Waals surface area contributed by atoms with Gasteiger partial charge in [-0.1, -0.05) is 6.42 Å². The highest BCUT2D eigenvalue weighted by Crippen LogP contribution is 2.31. The van der Waals surface area contributed by atoms with Crippen LogP contribution in [0, 0.1) is 6.92 Å². The van der Waals surface area contributed by atoms with Crippen LogP contribution in [0.4, 0.5) is 0 Å². The smallest absolute Gasteiger partial charge is 0.243 e. The quantitative estimate of drug-likeness (QED) is 0.861. The molecule has 0 spiro atoms. The number of piperidine rings is 1. The summed E-state index contributed by atoms with van der Waals surface area (Å²) in [6.45, 7) is 5.80. The lowest BCUT2D eigenvalue weighted by atomic mass is 10.0. The van der Waals surface area contributed by atoms with E-state index in [1.807, 2.05) is 20.8 Å². The Morgan fingerprint density at radius 1 is 1.20 bits per heavy atom. The van der Waals surface area contributed by atoms with E-state index in [1.54, 1.807) is 29.6 Å². The minimum atomic E-state index is -3.44. The maximum Gasteiger partial charge on any atom is 0.243 e. The van der Waals surface area contributed by atoms with Crippen molar-refractivity contribution in [3.8, 4) is 5.75 Å². The van der Waals surface area contributed by atoms with E-state index >= 15 is 0 Å². The molecular formula is C15H23NO3S. The molecule has 112 valence electrons. The van der Waals surface area contributed by atoms with Gasteiger partial charge in [0.1, 0.15) is 5.75 Å². The zero-order valence-electron chi connectivity index (χ0n) is 12.6. The Morgan fingerprint density at radius 2 is 1.80 bits per heavy atom. The fourth-order valence-corrected chi connectivity index (χ4v) is 5.11. The molecule has 2 rings (SSSR count). The van der Waals surface area contributed by atoms with Crippen molar-refractivity contribution in [2.45, 2.75) is 57.0 Å². The third-order valence-electron chi connectivity index (χ3n) is 4.05. The van der Waals surface area contributed by atoms with Crippen molar-refractivity contribution < 1.29 is 13.2 Å². The fraction of sp³-hybridized carbons (Fsp3) is 0.600. The lowest BCUT2D eigenvalue weighted by Crippen LogP contribution is -2.47. The molecule has 0 bridgehead atoms. The van der Waals surface area contributed by atoms with Crippen molar-refractivity contribution in [1.29, 1.82) is 0 Å². The minimum Gasteiger partial charge on any atom is -0.497 e. The molecule has 5 heteroatoms. The second kappa shape index (κ2) is 5.74. The molecule has 0 radical (unpaired) electrons. The summed E-state index contributed by atoms with van der Waals surface area (Å²) in [5, 5.41) is 0. The largest absolute Gasteiger partial charge is 0.497 e. The summed E-state index contributed by atoms with van der Waals surface area (Å²) in [5.74, 6) is 0.682. The van der Waals surface area contributed by atoms with Crippen LogP contribution in [0.3, 0.4) is 0 Å². The third-order valence-corrected chi connectivity index (χ3v) is 6.34. The van der Waals surface area contributed by atoms with Gasteiger partial charge < -0.3 is 4.74 Å². The van der Waals surface area contributed by atoms with Gasteiger partial charge in [-0.15, -0.1) is 0 Å². The van der Waals surface area contributed by atoms with E-state index in [0.29, 0.717) is 10.6 Å². The molecule has 0 aromatic heterocycles. The van der Waals surface area contributed by atoms with Crippen LogP contribution in [-0.2, 0) is 10.0 Å². The number of benzene rings is 1. The van der Waals surface area contributed by atoms with Gasteiger partial charge in [0.25, 0.3) is 0 Å². The SMILES string of the molecule is COc1ccc(S(=O)(=O)N2C(C)CCCC2C)c(C)c1. The van der Waals surface area contributed by atoms with Crippen molar-refractivity contribution in [3.05, 3.63) is 23.8 Å². The van der Waals surface area contributed by atoms with Crippen LogP contribution in [-0.4, -0.2) is 31.9 Å². The van der Waals surface area contributed by atoms with Crippen LogP contribution in [0.2, 0.25) is 0 Å². The molecular weight excluding hydrogens is 274 g/mol. The monoisotopic (exact) mass is 297 g/mol. The minimum absolute atomic E-state index is 0.0604. The molecule has 20 heavy (non-hydrogen) atoms. The fourth-order valence-electron chi connectivity index (χ4n) is 3.02. The molecule has 0 N–H and O–H groups in total. The lowest BCUT2D eigenvalue weighted by Gasteiger charge is -2.38. The van der Waals surface area contributed by atoms with Gasteiger partial charge in [-0.25, -0.2) is 8.42 Å². The van der Waals surface area contributed by atoms with E-state index in [0.717, 1.165) is 24.8 Å². The van der Waals surface area contributed by atoms with Gasteiger partial charge in [-0.2, -0.15) is 4.31 Å². The van der Waals surface area contributed by atoms with E-state index in [-0.39, 0.29) is 12.1 Å². The van der Waals surface area contributed by atoms with Gasteiger partial charge in [-0.05, 0) is 57.4 Å². The topological polar surface area (TPSA) is 46.6 Å². The second-order valence-corrected chi connectivity index (χ2v) is 7.41. The van der Waals surface area contributed by atoms with Crippen molar-refractivity contribution in [1.82, 2.24) is 4.31 Å². The molecule has 0 amide bonds. The maximum absolute atomic E-state index is 12.9. The van der Waals surface area contributed by atoms with E-state index in [2.05, 4.69) is 0 Å². The Labute approximate surface area is 121 Å². The molecule has 0 aliphatic carbocycles. The van der Waals surface area contributed by atoms with Gasteiger partial charge in [0.15, 0.2) is 0 Å². The highest BCUT2D eigenvalue weighted by molar-refractivity contribution is 7.89. The van der Waals surface area contributed by atoms with Gasteiger partial charge in [-0.3, -0.25) is 0 Å². The number of aryl methyl sites for hydroxylation is 1. The molecule has 1 fully saturated rings. The summed E-state index contributed by atoms with van der Waals surface area (Å²) in [7, 11) is -1.86. The first-order valence-electron chi connectivity index (χ1n) is 7.06. The van der Waals surface area contributed by atoms with Crippen molar-refractivity contribution >= 4 is 10.0 Å². The van der Waals surface area contributed by atoms with Crippen LogP contribution < -0.4 is 4.74 Å². The van der Waals surface area contributed by atoms with Crippen molar-refractivity contribution in [3.63, 3.8) is 0 Å². The number of methoxy groups -OCH3 is 1. The zero-order chi connectivity index (χ0) is 14.9. The Morgan fingerprint density at radius 3 is 2.30 bits per heavy atom. The molecule has 2 atom stereocenters. The number of nitrogens with zero attached hydrogens (tertiary/aromatic N) is 1. The Hall–Kier alpha value is -1.07. The summed E-state index contributed by atoms with van der Waals surface area (Å²) in [5.41, 5.74) is 0.731. The Bertz CT molecular complexity index is 573. The van der Waals surface area contributed by atoms with E-state index < -0.39 is 10.0 Å². The highest BCUT2D eigenvalue weighted by atomic mass is 32.2. The number of hydrogen-bond acceptors (Lipinski definition) is 3. The van der Waals surface area contributed by atoms with E-state index in [1.165, 1.54) is 0 Å². The van der Waals surface area contributed by atoms with Gasteiger partial charge >= 0.3 is 0 Å². The first kappa shape index (κ1) is 15.3. The molecule has 0 saturated carbocycles. The number of rotatable bonds is 3. The molecule has 2 unspecified atom stereocenters. The van der Waals surface area contributed by atoms with Crippen LogP contribution in [0.5, 0.6) is 5.75 Å². The van der Waals surface area contributed by atoms with Crippen molar-refractivity contribution in [2.24, 2.45) is 0 Å². The third kappa shape index (κ3) is 2.69. The predicted octanol–water partition coefficient (Wildman–Crippen LogP) is 2.96. The summed E-state index contributed by atoms with van der Waals surface area (Å²) < 4.78 is 32.6. The normalized spacial score (nSPS) is 24.6. The summed E-state index contributed by atoms with van der Waals surface area (Å²) in [6.07, 6.45) is 2.95. The Kier molecular flexibility index (Phi) is 4.39. The van der Waals surface area contributed by atoms with E-state index in [4.69, 9.17) is 4.74 Å². The summed E-state index contributed by atoms with van der Waals surface area (Å²) in [6, 6.07) is 5.25. The number of hydrogen-bond donors (Lipinski definition) is 0. The maximum atomic E-state index is 12.9. The molecule has 1 aliphatic heterocycles. The average molecular weight is 297 g/mol. The van der Waals surface area contributed by atoms with Crippen molar-refractivity contribution in [2.75, 3.05) is 7.11 Å². The molecule has 1 aromatic rings. The number of sulfonamides is 1. The standard InChI is InChI=1S/C15H23NO3S/c1-11-10-14(19-4)8-9-15(11)20(17,18)16-12(2)6-5-7-13(16)3/h8-10,12-13H,5-7H2,1-4H3. The molecule has 4 nitrogen and oxygen atoms in total. The summed E-state index contributed by atoms with van der Waals surface area (Å²) >= 11 is 0. The average Bonchev–Trinajstić information content (AvgIpc) is 2.37. The van der Waals surface area contributed by atoms with Gasteiger partial charge in [0, 0.05) is 12.1 Å². The molecule has 1 aliphatic rings. The molecule has 1 saturated heterocycles. The summed E-state index contributed by atoms with van der Waals surface area (Å²) in [4.78, 5) is 0.388. The van der Waals surface area contributed by atoms with Crippen LogP contribution in [0.25, 0.3) is 0 Å². The molecule has 1 aromatic carbocycles. The Balaban J connectivity index is 2.44. The zero-order valence-corrected chi connectivity index (χ0v) is 13.4. The van der Waals surface area contributed by atoms with Crippen LogP contribution in [0.1, 0.15) is 38.7 Å². The first-order valence-corrected chi connectivity index (χ1v) is 8.50. The van der Waals surface area contributed by atoms with Gasteiger partial charge in [0.2, 0.25) is 10.0 Å². The molecule has 1 heterocycles. The van der Waals surface area contributed by atoms with Crippen LogP contribution >= 0.6 is 0 Å².